The van der Waals surface area contributed by atoms with Crippen LogP contribution in [-0.2, 0) is 0 Å². The van der Waals surface area contributed by atoms with Crippen molar-refractivity contribution in [3.05, 3.63) is 81.5 Å². The number of carbonyl (C=O) groups excluding carboxylic acids is 1. The van der Waals surface area contributed by atoms with Gasteiger partial charge in [0, 0.05) is 21.7 Å². The molecule has 166 valence electrons. The molecular weight excluding hydrogens is 454 g/mol. The second-order valence-electron chi connectivity index (χ2n) is 7.52. The van der Waals surface area contributed by atoms with Crippen molar-refractivity contribution in [3.8, 4) is 17.4 Å². The smallest absolute Gasteiger partial charge is 0.255 e. The van der Waals surface area contributed by atoms with Crippen LogP contribution in [-0.4, -0.2) is 24.5 Å². The molecule has 8 heteroatoms. The molecule has 1 saturated carbocycles. The number of benzene rings is 2. The van der Waals surface area contributed by atoms with Gasteiger partial charge in [-0.05, 0) is 48.6 Å². The molecule has 1 aromatic heterocycles. The summed E-state index contributed by atoms with van der Waals surface area (Å²) < 4.78 is 25.8. The Kier molecular flexibility index (Phi) is 6.82. The topological polar surface area (TPSA) is 60.5 Å². The van der Waals surface area contributed by atoms with E-state index in [1.807, 2.05) is 18.2 Å². The van der Waals surface area contributed by atoms with E-state index in [4.69, 9.17) is 32.7 Å². The Bertz CT molecular complexity index is 1140. The maximum Gasteiger partial charge on any atom is 0.255 e. The lowest BCUT2D eigenvalue weighted by molar-refractivity contribution is 0.0939. The summed E-state index contributed by atoms with van der Waals surface area (Å²) >= 11 is 11.9. The number of nitrogens with zero attached hydrogens (tertiary/aromatic N) is 1. The van der Waals surface area contributed by atoms with Crippen molar-refractivity contribution < 1.29 is 18.7 Å². The van der Waals surface area contributed by atoms with E-state index in [1.54, 1.807) is 6.07 Å². The first-order valence-corrected chi connectivity index (χ1v) is 10.9. The number of hydrogen-bond donors (Lipinski definition) is 1. The molecule has 2 aromatic carbocycles. The number of aromatic nitrogens is 1. The van der Waals surface area contributed by atoms with E-state index in [-0.39, 0.29) is 34.3 Å². The van der Waals surface area contributed by atoms with Gasteiger partial charge in [-0.3, -0.25) is 4.79 Å². The number of pyridine rings is 1. The molecule has 3 aromatic rings. The maximum atomic E-state index is 14.7. The lowest BCUT2D eigenvalue weighted by Gasteiger charge is -2.15. The van der Waals surface area contributed by atoms with Gasteiger partial charge in [-0.15, -0.1) is 0 Å². The monoisotopic (exact) mass is 474 g/mol. The highest BCUT2D eigenvalue weighted by atomic mass is 35.5. The Morgan fingerprint density at radius 2 is 2.03 bits per heavy atom. The molecule has 1 amide bonds. The van der Waals surface area contributed by atoms with E-state index in [1.165, 1.54) is 49.9 Å². The molecule has 4 rings (SSSR count). The molecule has 1 N–H and O–H groups in total. The van der Waals surface area contributed by atoms with Crippen LogP contribution in [0.15, 0.2) is 54.7 Å². The van der Waals surface area contributed by atoms with Crippen LogP contribution >= 0.6 is 23.2 Å². The van der Waals surface area contributed by atoms with E-state index in [2.05, 4.69) is 16.4 Å². The summed E-state index contributed by atoms with van der Waals surface area (Å²) in [5, 5.41) is 3.19. The Hall–Kier alpha value is -2.83. The standard InChI is InChI=1S/C24H21Cl2FN2O3/c1-31-23-11-19(24(30)29-12-21(27)18-8-7-16(25)10-20(18)26)22(13-28-23)32-17-4-2-3-15(9-17)14-5-6-14/h2-4,7-11,13-14,21H,5-6,12H2,1H3,(H,29,30). The summed E-state index contributed by atoms with van der Waals surface area (Å²) in [5.41, 5.74) is 1.63. The highest BCUT2D eigenvalue weighted by Gasteiger charge is 2.24. The summed E-state index contributed by atoms with van der Waals surface area (Å²) in [6, 6.07) is 13.7. The Morgan fingerprint density at radius 1 is 1.22 bits per heavy atom. The molecular formula is C24H21Cl2FN2O3. The summed E-state index contributed by atoms with van der Waals surface area (Å²) in [6.07, 6.45) is 2.25. The highest BCUT2D eigenvalue weighted by Crippen LogP contribution is 2.41. The number of hydrogen-bond acceptors (Lipinski definition) is 4. The Labute approximate surface area is 195 Å². The minimum Gasteiger partial charge on any atom is -0.481 e. The quantitative estimate of drug-likeness (QED) is 0.404. The normalized spacial score (nSPS) is 14.0. The summed E-state index contributed by atoms with van der Waals surface area (Å²) in [4.78, 5) is 17.0. The van der Waals surface area contributed by atoms with Crippen molar-refractivity contribution in [1.82, 2.24) is 10.3 Å². The molecule has 1 aliphatic rings. The van der Waals surface area contributed by atoms with Crippen LogP contribution in [0.2, 0.25) is 10.0 Å². The molecule has 0 radical (unpaired) electrons. The van der Waals surface area contributed by atoms with Crippen molar-refractivity contribution >= 4 is 29.1 Å². The molecule has 1 fully saturated rings. The van der Waals surface area contributed by atoms with Crippen molar-refractivity contribution in [2.24, 2.45) is 0 Å². The zero-order valence-electron chi connectivity index (χ0n) is 17.3. The summed E-state index contributed by atoms with van der Waals surface area (Å²) in [6.45, 7) is -0.276. The SMILES string of the molecule is COc1cc(C(=O)NCC(F)c2ccc(Cl)cc2Cl)c(Oc2cccc(C3CC3)c2)cn1. The second-order valence-corrected chi connectivity index (χ2v) is 8.36. The van der Waals surface area contributed by atoms with Gasteiger partial charge in [-0.1, -0.05) is 41.4 Å². The van der Waals surface area contributed by atoms with Gasteiger partial charge in [-0.25, -0.2) is 9.37 Å². The third kappa shape index (κ3) is 5.31. The number of nitrogens with one attached hydrogen (secondary N) is 1. The van der Waals surface area contributed by atoms with E-state index in [0.717, 1.165) is 0 Å². The van der Waals surface area contributed by atoms with Gasteiger partial charge < -0.3 is 14.8 Å². The van der Waals surface area contributed by atoms with Gasteiger partial charge in [-0.2, -0.15) is 0 Å². The molecule has 32 heavy (non-hydrogen) atoms. The number of rotatable bonds is 8. The van der Waals surface area contributed by atoms with Gasteiger partial charge in [0.1, 0.15) is 11.9 Å². The molecule has 1 unspecified atom stereocenters. The average molecular weight is 475 g/mol. The fourth-order valence-electron chi connectivity index (χ4n) is 3.31. The van der Waals surface area contributed by atoms with Gasteiger partial charge in [0.05, 0.1) is 25.4 Å². The first-order valence-electron chi connectivity index (χ1n) is 10.1. The van der Waals surface area contributed by atoms with Crippen LogP contribution in [0, 0.1) is 0 Å². The fraction of sp³-hybridized carbons (Fsp3) is 0.250. The predicted octanol–water partition coefficient (Wildman–Crippen LogP) is 6.51. The van der Waals surface area contributed by atoms with Crippen LogP contribution in [0.25, 0.3) is 0 Å². The Balaban J connectivity index is 1.51. The number of halogens is 3. The molecule has 0 saturated heterocycles. The zero-order chi connectivity index (χ0) is 22.7. The number of alkyl halides is 1. The molecule has 0 bridgehead atoms. The van der Waals surface area contributed by atoms with Crippen molar-refractivity contribution in [3.63, 3.8) is 0 Å². The van der Waals surface area contributed by atoms with Crippen molar-refractivity contribution in [2.75, 3.05) is 13.7 Å². The van der Waals surface area contributed by atoms with Crippen LogP contribution in [0.3, 0.4) is 0 Å². The van der Waals surface area contributed by atoms with Crippen LogP contribution < -0.4 is 14.8 Å². The van der Waals surface area contributed by atoms with Gasteiger partial charge in [0.15, 0.2) is 5.75 Å². The number of amides is 1. The average Bonchev–Trinajstić information content (AvgIpc) is 3.63. The summed E-state index contributed by atoms with van der Waals surface area (Å²) in [7, 11) is 1.45. The summed E-state index contributed by atoms with van der Waals surface area (Å²) in [5.74, 6) is 1.14. The molecule has 0 aliphatic heterocycles. The van der Waals surface area contributed by atoms with Crippen LogP contribution in [0.5, 0.6) is 17.4 Å². The molecule has 1 aliphatic carbocycles. The minimum atomic E-state index is -1.51. The predicted molar refractivity (Wildman–Crippen MR) is 122 cm³/mol. The molecule has 0 spiro atoms. The van der Waals surface area contributed by atoms with Crippen LogP contribution in [0.4, 0.5) is 4.39 Å². The van der Waals surface area contributed by atoms with E-state index in [0.29, 0.717) is 16.7 Å². The molecule has 1 atom stereocenters. The van der Waals surface area contributed by atoms with Crippen molar-refractivity contribution in [1.29, 1.82) is 0 Å². The highest BCUT2D eigenvalue weighted by molar-refractivity contribution is 6.35. The van der Waals surface area contributed by atoms with Gasteiger partial charge >= 0.3 is 0 Å². The largest absolute Gasteiger partial charge is 0.481 e. The molecule has 1 heterocycles. The third-order valence-corrected chi connectivity index (χ3v) is 5.73. The van der Waals surface area contributed by atoms with Gasteiger partial charge in [0.25, 0.3) is 5.91 Å². The van der Waals surface area contributed by atoms with E-state index in [9.17, 15) is 9.18 Å². The first-order chi connectivity index (χ1) is 15.4. The van der Waals surface area contributed by atoms with E-state index >= 15 is 0 Å². The van der Waals surface area contributed by atoms with Gasteiger partial charge in [0.2, 0.25) is 5.88 Å². The second kappa shape index (κ2) is 9.76. The molecule has 5 nitrogen and oxygen atoms in total. The lowest BCUT2D eigenvalue weighted by Crippen LogP contribution is -2.27. The lowest BCUT2D eigenvalue weighted by atomic mass is 10.1. The first kappa shape index (κ1) is 22.4. The Morgan fingerprint density at radius 3 is 2.75 bits per heavy atom. The zero-order valence-corrected chi connectivity index (χ0v) is 18.8. The maximum absolute atomic E-state index is 14.7. The third-order valence-electron chi connectivity index (χ3n) is 5.17. The van der Waals surface area contributed by atoms with Crippen LogP contribution in [0.1, 0.15) is 46.4 Å². The number of ether oxygens (including phenoxy) is 2. The number of carbonyl (C=O) groups is 1. The van der Waals surface area contributed by atoms with E-state index < -0.39 is 12.1 Å². The minimum absolute atomic E-state index is 0.183. The fourth-order valence-corrected chi connectivity index (χ4v) is 3.84. The number of methoxy groups -OCH3 is 1. The van der Waals surface area contributed by atoms with Crippen molar-refractivity contribution in [2.45, 2.75) is 24.9 Å².